The van der Waals surface area contributed by atoms with Crippen molar-refractivity contribution in [3.63, 3.8) is 0 Å². The number of sulfonamides is 1. The maximum absolute atomic E-state index is 13.8. The van der Waals surface area contributed by atoms with Gasteiger partial charge in [-0.05, 0) is 30.9 Å². The van der Waals surface area contributed by atoms with Crippen molar-refractivity contribution in [2.24, 2.45) is 0 Å². The molecule has 0 bridgehead atoms. The highest BCUT2D eigenvalue weighted by molar-refractivity contribution is 7.98. The molecule has 1 aliphatic heterocycles. The number of likely N-dealkylation sites (N-methyl/N-ethyl adjacent to an activating group) is 1. The van der Waals surface area contributed by atoms with Crippen molar-refractivity contribution in [1.29, 1.82) is 0 Å². The number of hydrogen-bond acceptors (Lipinski definition) is 8. The predicted molar refractivity (Wildman–Crippen MR) is 138 cm³/mol. The Morgan fingerprint density at radius 3 is 2.51 bits per heavy atom. The molecular formula is C25H34N2O6S2. The molecule has 0 spiro atoms. The van der Waals surface area contributed by atoms with Gasteiger partial charge in [0.1, 0.15) is 17.3 Å². The average molecular weight is 523 g/mol. The van der Waals surface area contributed by atoms with E-state index in [1.165, 1.54) is 30.3 Å². The van der Waals surface area contributed by atoms with E-state index in [0.29, 0.717) is 18.0 Å². The highest BCUT2D eigenvalue weighted by atomic mass is 32.2. The van der Waals surface area contributed by atoms with Gasteiger partial charge in [0.25, 0.3) is 0 Å². The average Bonchev–Trinajstić information content (AvgIpc) is 2.95. The molecule has 10 heteroatoms. The highest BCUT2D eigenvalue weighted by Crippen LogP contribution is 2.43. The molecule has 192 valence electrons. The normalized spacial score (nSPS) is 18.4. The van der Waals surface area contributed by atoms with Crippen molar-refractivity contribution < 1.29 is 27.4 Å². The number of methoxy groups -OCH3 is 2. The van der Waals surface area contributed by atoms with Gasteiger partial charge in [-0.25, -0.2) is 13.2 Å². The van der Waals surface area contributed by atoms with E-state index >= 15 is 0 Å². The summed E-state index contributed by atoms with van der Waals surface area (Å²) in [5.41, 5.74) is 1.53. The summed E-state index contributed by atoms with van der Waals surface area (Å²) < 4.78 is 45.0. The second-order valence-corrected chi connectivity index (χ2v) is 11.1. The zero-order chi connectivity index (χ0) is 25.6. The van der Waals surface area contributed by atoms with Gasteiger partial charge in [0.2, 0.25) is 10.0 Å². The minimum atomic E-state index is -3.81. The third kappa shape index (κ3) is 5.94. The molecule has 3 rings (SSSR count). The summed E-state index contributed by atoms with van der Waals surface area (Å²) in [7, 11) is 0.508. The van der Waals surface area contributed by atoms with Crippen LogP contribution in [0, 0.1) is 0 Å². The monoisotopic (exact) mass is 522 g/mol. The molecule has 1 heterocycles. The van der Waals surface area contributed by atoms with Crippen molar-refractivity contribution in [1.82, 2.24) is 4.31 Å². The Bertz CT molecular complexity index is 1110. The Hall–Kier alpha value is -2.27. The number of unbranched alkanes of at least 4 members (excludes halogenated alkanes) is 1. The molecule has 2 aromatic carbocycles. The number of rotatable bonds is 10. The SMILES string of the molecule is CCCCC1CN(c2ccccc2)c2cc(SC)c(OCC(OC)C(=O)OC)cc2S(=O)(=O)N1C. The number of ether oxygens (including phenoxy) is 3. The summed E-state index contributed by atoms with van der Waals surface area (Å²) in [4.78, 5) is 14.9. The number of thioether (sulfide) groups is 1. The van der Waals surface area contributed by atoms with Gasteiger partial charge >= 0.3 is 5.97 Å². The minimum Gasteiger partial charge on any atom is -0.489 e. The fraction of sp³-hybridized carbons (Fsp3) is 0.480. The number of carbonyl (C=O) groups excluding carboxylic acids is 1. The van der Waals surface area contributed by atoms with Gasteiger partial charge in [0, 0.05) is 38.5 Å². The first-order valence-electron chi connectivity index (χ1n) is 11.5. The van der Waals surface area contributed by atoms with E-state index in [4.69, 9.17) is 14.2 Å². The molecule has 0 radical (unpaired) electrons. The van der Waals surface area contributed by atoms with Crippen LogP contribution in [0.15, 0.2) is 52.3 Å². The fourth-order valence-corrected chi connectivity index (χ4v) is 6.20. The number of carbonyl (C=O) groups is 1. The van der Waals surface area contributed by atoms with Crippen molar-refractivity contribution in [2.45, 2.75) is 48.1 Å². The van der Waals surface area contributed by atoms with Gasteiger partial charge in [-0.3, -0.25) is 0 Å². The maximum atomic E-state index is 13.8. The quantitative estimate of drug-likeness (QED) is 0.337. The first kappa shape index (κ1) is 27.3. The van der Waals surface area contributed by atoms with Crippen LogP contribution < -0.4 is 9.64 Å². The molecule has 0 aliphatic carbocycles. The van der Waals surface area contributed by atoms with Gasteiger partial charge in [-0.2, -0.15) is 4.31 Å². The largest absolute Gasteiger partial charge is 0.489 e. The molecule has 2 aromatic rings. The fourth-order valence-electron chi connectivity index (χ4n) is 4.09. The number of hydrogen-bond donors (Lipinski definition) is 0. The van der Waals surface area contributed by atoms with Gasteiger partial charge in [-0.15, -0.1) is 11.8 Å². The van der Waals surface area contributed by atoms with Crippen LogP contribution >= 0.6 is 11.8 Å². The Balaban J connectivity index is 2.13. The summed E-state index contributed by atoms with van der Waals surface area (Å²) in [5.74, 6) is -0.187. The van der Waals surface area contributed by atoms with E-state index in [-0.39, 0.29) is 17.5 Å². The second kappa shape index (κ2) is 12.1. The topological polar surface area (TPSA) is 85.4 Å². The molecule has 0 amide bonds. The molecule has 8 nitrogen and oxygen atoms in total. The van der Waals surface area contributed by atoms with Crippen LogP contribution in [0.1, 0.15) is 26.2 Å². The van der Waals surface area contributed by atoms with E-state index in [9.17, 15) is 13.2 Å². The maximum Gasteiger partial charge on any atom is 0.338 e. The zero-order valence-corrected chi connectivity index (χ0v) is 22.5. The summed E-state index contributed by atoms with van der Waals surface area (Å²) in [6.45, 7) is 2.53. The molecule has 1 aliphatic rings. The van der Waals surface area contributed by atoms with Crippen LogP contribution in [-0.4, -0.2) is 71.5 Å². The lowest BCUT2D eigenvalue weighted by molar-refractivity contribution is -0.154. The molecule has 0 saturated heterocycles. The zero-order valence-electron chi connectivity index (χ0n) is 20.9. The molecule has 0 N–H and O–H groups in total. The molecule has 2 unspecified atom stereocenters. The number of para-hydroxylation sites is 1. The summed E-state index contributed by atoms with van der Waals surface area (Å²) in [5, 5.41) is 0. The van der Waals surface area contributed by atoms with Crippen molar-refractivity contribution in [2.75, 3.05) is 45.6 Å². The Morgan fingerprint density at radius 2 is 1.91 bits per heavy atom. The number of benzene rings is 2. The lowest BCUT2D eigenvalue weighted by atomic mass is 10.1. The van der Waals surface area contributed by atoms with Crippen molar-refractivity contribution >= 4 is 39.1 Å². The smallest absolute Gasteiger partial charge is 0.338 e. The Labute approximate surface area is 212 Å². The molecule has 0 aromatic heterocycles. The van der Waals surface area contributed by atoms with Crippen molar-refractivity contribution in [3.05, 3.63) is 42.5 Å². The van der Waals surface area contributed by atoms with Crippen LogP contribution in [0.2, 0.25) is 0 Å². The van der Waals surface area contributed by atoms with Gasteiger partial charge in [0.05, 0.1) is 17.7 Å². The number of nitrogens with zero attached hydrogens (tertiary/aromatic N) is 2. The van der Waals surface area contributed by atoms with Crippen LogP contribution in [0.4, 0.5) is 11.4 Å². The Morgan fingerprint density at radius 1 is 1.20 bits per heavy atom. The highest BCUT2D eigenvalue weighted by Gasteiger charge is 2.37. The second-order valence-electron chi connectivity index (χ2n) is 8.29. The lowest BCUT2D eigenvalue weighted by Crippen LogP contribution is -2.40. The van der Waals surface area contributed by atoms with Gasteiger partial charge in [0.15, 0.2) is 6.10 Å². The third-order valence-corrected chi connectivity index (χ3v) is 8.90. The molecule has 0 fully saturated rings. The standard InChI is InChI=1S/C25H34N2O6S2/c1-6-7-11-19-16-27(18-12-9-8-10-13-18)20-14-23(34-5)21(15-24(20)35(29,30)26(19)2)33-17-22(31-3)25(28)32-4/h8-10,12-15,19,22H,6-7,11,16-17H2,1-5H3. The number of fused-ring (bicyclic) bond motifs is 1. The van der Waals surface area contributed by atoms with E-state index in [1.54, 1.807) is 13.1 Å². The van der Waals surface area contributed by atoms with E-state index in [1.807, 2.05) is 42.7 Å². The first-order chi connectivity index (χ1) is 16.8. The van der Waals surface area contributed by atoms with Crippen molar-refractivity contribution in [3.8, 4) is 5.75 Å². The van der Waals surface area contributed by atoms with Crippen LogP contribution in [0.5, 0.6) is 5.75 Å². The third-order valence-electron chi connectivity index (χ3n) is 6.20. The Kier molecular flexibility index (Phi) is 9.46. The van der Waals surface area contributed by atoms with E-state index in [2.05, 4.69) is 11.8 Å². The first-order valence-corrected chi connectivity index (χ1v) is 14.2. The molecular weight excluding hydrogens is 488 g/mol. The number of esters is 1. The van der Waals surface area contributed by atoms with Crippen LogP contribution in [-0.2, 0) is 24.3 Å². The summed E-state index contributed by atoms with van der Waals surface area (Å²) >= 11 is 1.44. The summed E-state index contributed by atoms with van der Waals surface area (Å²) in [6.07, 6.45) is 3.65. The summed E-state index contributed by atoms with van der Waals surface area (Å²) in [6, 6.07) is 13.0. The lowest BCUT2D eigenvalue weighted by Gasteiger charge is -2.29. The van der Waals surface area contributed by atoms with E-state index in [0.717, 1.165) is 29.8 Å². The minimum absolute atomic E-state index is 0.104. The van der Waals surface area contributed by atoms with Crippen LogP contribution in [0.3, 0.4) is 0 Å². The predicted octanol–water partition coefficient (Wildman–Crippen LogP) is 4.31. The molecule has 0 saturated carbocycles. The van der Waals surface area contributed by atoms with Crippen LogP contribution in [0.25, 0.3) is 0 Å². The molecule has 35 heavy (non-hydrogen) atoms. The van der Waals surface area contributed by atoms with Gasteiger partial charge in [-0.1, -0.05) is 38.0 Å². The van der Waals surface area contributed by atoms with E-state index < -0.39 is 22.1 Å². The number of anilines is 2. The van der Waals surface area contributed by atoms with Gasteiger partial charge < -0.3 is 19.1 Å². The molecule has 2 atom stereocenters.